The molecule has 0 saturated carbocycles. The molecule has 1 aliphatic heterocycles. The lowest BCUT2D eigenvalue weighted by atomic mass is 10.1. The molecule has 0 aliphatic carbocycles. The second kappa shape index (κ2) is 9.06. The summed E-state index contributed by atoms with van der Waals surface area (Å²) in [7, 11) is 1.73. The summed E-state index contributed by atoms with van der Waals surface area (Å²) in [6.45, 7) is 9.69. The van der Waals surface area contributed by atoms with Crippen LogP contribution in [0.25, 0.3) is 0 Å². The Morgan fingerprint density at radius 2 is 1.96 bits per heavy atom. The zero-order valence-electron chi connectivity index (χ0n) is 16.5. The summed E-state index contributed by atoms with van der Waals surface area (Å²) in [6, 6.07) is 9.99. The van der Waals surface area contributed by atoms with E-state index in [9.17, 15) is 4.79 Å². The molecular weight excluding hydrogens is 342 g/mol. The van der Waals surface area contributed by atoms with Gasteiger partial charge in [0, 0.05) is 5.56 Å². The van der Waals surface area contributed by atoms with Crippen LogP contribution in [0, 0.1) is 6.92 Å². The predicted molar refractivity (Wildman–Crippen MR) is 103 cm³/mol. The van der Waals surface area contributed by atoms with Gasteiger partial charge in [0.15, 0.2) is 6.54 Å². The number of quaternary nitrogens is 2. The number of benzene rings is 1. The number of carbonyl (C=O) groups is 1. The van der Waals surface area contributed by atoms with Gasteiger partial charge in [0.2, 0.25) is 0 Å². The van der Waals surface area contributed by atoms with E-state index < -0.39 is 0 Å². The highest BCUT2D eigenvalue weighted by Gasteiger charge is 2.26. The highest BCUT2D eigenvalue weighted by molar-refractivity contribution is 5.77. The molecule has 1 atom stereocenters. The van der Waals surface area contributed by atoms with Crippen LogP contribution < -0.4 is 19.9 Å². The Kier molecular flexibility index (Phi) is 6.53. The topological polar surface area (TPSA) is 60.4 Å². The van der Waals surface area contributed by atoms with Crippen LogP contribution in [0.3, 0.4) is 0 Å². The summed E-state index contributed by atoms with van der Waals surface area (Å²) in [5.74, 6) is 1.84. The van der Waals surface area contributed by atoms with Gasteiger partial charge in [-0.2, -0.15) is 0 Å². The zero-order valence-corrected chi connectivity index (χ0v) is 16.5. The molecule has 0 spiro atoms. The van der Waals surface area contributed by atoms with E-state index in [-0.39, 0.29) is 11.9 Å². The number of furan rings is 1. The molecule has 0 bridgehead atoms. The summed E-state index contributed by atoms with van der Waals surface area (Å²) in [6.07, 6.45) is 1.63. The zero-order chi connectivity index (χ0) is 19.2. The van der Waals surface area contributed by atoms with E-state index in [1.165, 1.54) is 16.0 Å². The molecule has 2 heterocycles. The average molecular weight is 373 g/mol. The lowest BCUT2D eigenvalue weighted by Gasteiger charge is -2.30. The molecule has 6 heteroatoms. The maximum atomic E-state index is 12.3. The summed E-state index contributed by atoms with van der Waals surface area (Å²) in [5, 5.41) is 3.03. The summed E-state index contributed by atoms with van der Waals surface area (Å²) in [5.41, 5.74) is 2.53. The van der Waals surface area contributed by atoms with Gasteiger partial charge >= 0.3 is 0 Å². The van der Waals surface area contributed by atoms with E-state index in [1.54, 1.807) is 18.3 Å². The van der Waals surface area contributed by atoms with Crippen LogP contribution in [-0.4, -0.2) is 45.7 Å². The minimum atomic E-state index is -0.0902. The average Bonchev–Trinajstić information content (AvgIpc) is 3.18. The fourth-order valence-corrected chi connectivity index (χ4v) is 3.75. The quantitative estimate of drug-likeness (QED) is 0.628. The monoisotopic (exact) mass is 373 g/mol. The van der Waals surface area contributed by atoms with Gasteiger partial charge < -0.3 is 24.3 Å². The molecule has 1 aromatic heterocycles. The third-order valence-electron chi connectivity index (χ3n) is 5.30. The van der Waals surface area contributed by atoms with E-state index in [4.69, 9.17) is 9.15 Å². The van der Waals surface area contributed by atoms with Crippen molar-refractivity contribution in [1.29, 1.82) is 0 Å². The van der Waals surface area contributed by atoms with Crippen LogP contribution in [0.2, 0.25) is 0 Å². The molecule has 3 N–H and O–H groups in total. The number of aryl methyl sites for hydroxylation is 1. The molecule has 2 aromatic rings. The van der Waals surface area contributed by atoms with E-state index in [0.29, 0.717) is 6.54 Å². The van der Waals surface area contributed by atoms with Gasteiger partial charge in [-0.1, -0.05) is 11.6 Å². The van der Waals surface area contributed by atoms with E-state index >= 15 is 0 Å². The predicted octanol–water partition coefficient (Wildman–Crippen LogP) is -0.243. The number of rotatable bonds is 7. The first-order chi connectivity index (χ1) is 13.0. The van der Waals surface area contributed by atoms with Gasteiger partial charge in [-0.05, 0) is 38.1 Å². The summed E-state index contributed by atoms with van der Waals surface area (Å²) < 4.78 is 10.9. The number of hydrogen-bond acceptors (Lipinski definition) is 3. The Hall–Kier alpha value is -2.31. The van der Waals surface area contributed by atoms with Crippen LogP contribution in [0.5, 0.6) is 5.75 Å². The smallest absolute Gasteiger partial charge is 0.275 e. The largest absolute Gasteiger partial charge is 0.496 e. The van der Waals surface area contributed by atoms with Gasteiger partial charge in [0.25, 0.3) is 5.91 Å². The number of ether oxygens (including phenoxy) is 1. The van der Waals surface area contributed by atoms with Crippen molar-refractivity contribution in [2.45, 2.75) is 26.4 Å². The van der Waals surface area contributed by atoms with Crippen LogP contribution >= 0.6 is 0 Å². The van der Waals surface area contributed by atoms with Crippen molar-refractivity contribution in [3.63, 3.8) is 0 Å². The van der Waals surface area contributed by atoms with Crippen molar-refractivity contribution in [3.8, 4) is 5.75 Å². The number of carbonyl (C=O) groups excluding carboxylic acids is 1. The van der Waals surface area contributed by atoms with Crippen molar-refractivity contribution >= 4 is 5.91 Å². The fraction of sp³-hybridized carbons (Fsp3) is 0.476. The molecule has 0 unspecified atom stereocenters. The lowest BCUT2D eigenvalue weighted by molar-refractivity contribution is -1.02. The van der Waals surface area contributed by atoms with Crippen LogP contribution in [-0.2, 0) is 11.3 Å². The van der Waals surface area contributed by atoms with Crippen molar-refractivity contribution in [2.24, 2.45) is 0 Å². The van der Waals surface area contributed by atoms with E-state index in [2.05, 4.69) is 30.4 Å². The highest BCUT2D eigenvalue weighted by atomic mass is 16.5. The Labute approximate surface area is 161 Å². The number of methoxy groups -OCH3 is 1. The normalized spacial score (nSPS) is 20.9. The maximum Gasteiger partial charge on any atom is 0.275 e. The first-order valence-electron chi connectivity index (χ1n) is 9.68. The van der Waals surface area contributed by atoms with Crippen molar-refractivity contribution in [2.75, 3.05) is 39.8 Å². The van der Waals surface area contributed by atoms with Gasteiger partial charge in [-0.3, -0.25) is 4.79 Å². The van der Waals surface area contributed by atoms with Crippen LogP contribution in [0.15, 0.2) is 41.0 Å². The van der Waals surface area contributed by atoms with Crippen molar-refractivity contribution < 1.29 is 23.7 Å². The van der Waals surface area contributed by atoms with E-state index in [1.807, 2.05) is 19.1 Å². The van der Waals surface area contributed by atoms with Gasteiger partial charge in [0.1, 0.15) is 44.2 Å². The second-order valence-electron chi connectivity index (χ2n) is 7.47. The maximum absolute atomic E-state index is 12.3. The van der Waals surface area contributed by atoms with Gasteiger partial charge in [-0.15, -0.1) is 0 Å². The number of nitrogens with one attached hydrogen (secondary N) is 3. The molecular formula is C21H31N3O3+2. The fourth-order valence-electron chi connectivity index (χ4n) is 3.75. The summed E-state index contributed by atoms with van der Waals surface area (Å²) >= 11 is 0. The molecule has 1 amide bonds. The number of piperazine rings is 1. The third-order valence-corrected chi connectivity index (χ3v) is 5.30. The molecule has 1 aromatic carbocycles. The molecule has 1 aliphatic rings. The Morgan fingerprint density at radius 3 is 2.63 bits per heavy atom. The minimum absolute atomic E-state index is 0.0812. The second-order valence-corrected chi connectivity index (χ2v) is 7.47. The standard InChI is InChI=1S/C21H29N3O3/c1-16-6-7-20(26-3)18(13-16)14-23-8-10-24(11-9-23)15-21(25)22-17(2)19-5-4-12-27-19/h4-7,12-13,17H,8-11,14-15H2,1-3H3,(H,22,25)/p+2/t17-/m1/s1. The molecule has 0 radical (unpaired) electrons. The Balaban J connectivity index is 1.45. The molecule has 3 rings (SSSR count). The lowest BCUT2D eigenvalue weighted by Crippen LogP contribution is -3.28. The third kappa shape index (κ3) is 5.34. The molecule has 27 heavy (non-hydrogen) atoms. The molecule has 1 saturated heterocycles. The van der Waals surface area contributed by atoms with Crippen molar-refractivity contribution in [3.05, 3.63) is 53.5 Å². The number of hydrogen-bond donors (Lipinski definition) is 3. The minimum Gasteiger partial charge on any atom is -0.496 e. The van der Waals surface area contributed by atoms with Gasteiger partial charge in [-0.25, -0.2) is 0 Å². The van der Waals surface area contributed by atoms with Gasteiger partial charge in [0.05, 0.1) is 19.4 Å². The van der Waals surface area contributed by atoms with Crippen molar-refractivity contribution in [1.82, 2.24) is 5.32 Å². The SMILES string of the molecule is COc1ccc(C)cc1C[NH+]1CC[NH+](CC(=O)N[C@H](C)c2ccco2)CC1. The molecule has 146 valence electrons. The Morgan fingerprint density at radius 1 is 1.22 bits per heavy atom. The molecule has 6 nitrogen and oxygen atoms in total. The highest BCUT2D eigenvalue weighted by Crippen LogP contribution is 2.18. The Bertz CT molecular complexity index is 737. The first kappa shape index (κ1) is 19.5. The van der Waals surface area contributed by atoms with E-state index in [0.717, 1.165) is 44.2 Å². The number of amides is 1. The van der Waals surface area contributed by atoms with Crippen LogP contribution in [0.4, 0.5) is 0 Å². The summed E-state index contributed by atoms with van der Waals surface area (Å²) in [4.78, 5) is 15.2. The molecule has 1 fully saturated rings. The van der Waals surface area contributed by atoms with Crippen LogP contribution in [0.1, 0.15) is 29.9 Å². The first-order valence-corrected chi connectivity index (χ1v) is 9.68.